The summed E-state index contributed by atoms with van der Waals surface area (Å²) in [5, 5.41) is 32.6. The van der Waals surface area contributed by atoms with Gasteiger partial charge in [-0.25, -0.2) is 0 Å². The summed E-state index contributed by atoms with van der Waals surface area (Å²) in [5.74, 6) is -0.415. The number of nitriles is 1. The summed E-state index contributed by atoms with van der Waals surface area (Å²) in [6, 6.07) is 4.00. The third-order valence-electron chi connectivity index (χ3n) is 2.74. The molecule has 1 atom stereocenters. The number of ether oxygens (including phenoxy) is 1. The fourth-order valence-electron chi connectivity index (χ4n) is 1.88. The SMILES string of the molecule is N#Cc1cc([C@@H]2COCCN2)c(O)c([N+](=O)[O-])c1. The Hall–Kier alpha value is -2.17. The first kappa shape index (κ1) is 12.3. The lowest BCUT2D eigenvalue weighted by Gasteiger charge is -2.24. The maximum absolute atomic E-state index is 10.8. The maximum Gasteiger partial charge on any atom is 0.312 e. The van der Waals surface area contributed by atoms with Crippen LogP contribution in [0.2, 0.25) is 0 Å². The Bertz CT molecular complexity index is 518. The van der Waals surface area contributed by atoms with Gasteiger partial charge in [-0.1, -0.05) is 0 Å². The van der Waals surface area contributed by atoms with Crippen LogP contribution in [0.4, 0.5) is 5.69 Å². The monoisotopic (exact) mass is 249 g/mol. The van der Waals surface area contributed by atoms with Gasteiger partial charge in [0.2, 0.25) is 0 Å². The minimum absolute atomic E-state index is 0.141. The number of phenols is 1. The molecule has 0 amide bonds. The second-order valence-electron chi connectivity index (χ2n) is 3.88. The van der Waals surface area contributed by atoms with E-state index < -0.39 is 16.4 Å². The average Bonchev–Trinajstić information content (AvgIpc) is 2.39. The number of nitrogens with one attached hydrogen (secondary N) is 1. The topological polar surface area (TPSA) is 108 Å². The predicted octanol–water partition coefficient (Wildman–Crippen LogP) is 0.833. The van der Waals surface area contributed by atoms with Crippen LogP contribution in [0.25, 0.3) is 0 Å². The van der Waals surface area contributed by atoms with Crippen LogP contribution in [0.3, 0.4) is 0 Å². The molecule has 7 heteroatoms. The summed E-state index contributed by atoms with van der Waals surface area (Å²) in [7, 11) is 0. The first-order valence-electron chi connectivity index (χ1n) is 5.36. The van der Waals surface area contributed by atoms with Gasteiger partial charge in [-0.15, -0.1) is 0 Å². The number of hydrogen-bond donors (Lipinski definition) is 2. The van der Waals surface area contributed by atoms with E-state index in [2.05, 4.69) is 5.32 Å². The molecule has 2 rings (SSSR count). The minimum atomic E-state index is -0.705. The van der Waals surface area contributed by atoms with E-state index in [0.29, 0.717) is 25.3 Å². The molecular weight excluding hydrogens is 238 g/mol. The number of nitrogens with zero attached hydrogens (tertiary/aromatic N) is 2. The van der Waals surface area contributed by atoms with Gasteiger partial charge in [-0.2, -0.15) is 5.26 Å². The van der Waals surface area contributed by atoms with E-state index in [1.807, 2.05) is 6.07 Å². The molecule has 1 aromatic rings. The number of nitro groups is 1. The molecular formula is C11H11N3O4. The summed E-state index contributed by atoms with van der Waals surface area (Å²) in [5.41, 5.74) is -0.00116. The highest BCUT2D eigenvalue weighted by Gasteiger charge is 2.25. The molecule has 1 aromatic carbocycles. The van der Waals surface area contributed by atoms with Crippen LogP contribution in [0.5, 0.6) is 5.75 Å². The van der Waals surface area contributed by atoms with Crippen LogP contribution < -0.4 is 5.32 Å². The normalized spacial score (nSPS) is 19.2. The highest BCUT2D eigenvalue weighted by molar-refractivity contribution is 5.57. The average molecular weight is 249 g/mol. The molecule has 0 aromatic heterocycles. The molecule has 1 heterocycles. The first-order valence-corrected chi connectivity index (χ1v) is 5.36. The third kappa shape index (κ3) is 2.25. The van der Waals surface area contributed by atoms with Gasteiger partial charge in [0.15, 0.2) is 5.75 Å². The Balaban J connectivity index is 2.48. The Morgan fingerprint density at radius 1 is 1.61 bits per heavy atom. The summed E-state index contributed by atoms with van der Waals surface area (Å²) in [4.78, 5) is 10.1. The van der Waals surface area contributed by atoms with Crippen molar-refractivity contribution in [1.82, 2.24) is 5.32 Å². The number of morpholine rings is 1. The smallest absolute Gasteiger partial charge is 0.312 e. The van der Waals surface area contributed by atoms with Crippen LogP contribution in [0.15, 0.2) is 12.1 Å². The lowest BCUT2D eigenvalue weighted by Crippen LogP contribution is -2.34. The molecule has 0 bridgehead atoms. The molecule has 0 spiro atoms. The number of nitro benzene ring substituents is 1. The van der Waals surface area contributed by atoms with E-state index >= 15 is 0 Å². The van der Waals surface area contributed by atoms with Gasteiger partial charge in [-0.3, -0.25) is 10.1 Å². The molecule has 94 valence electrons. The molecule has 0 radical (unpaired) electrons. The van der Waals surface area contributed by atoms with E-state index in [0.717, 1.165) is 6.07 Å². The Labute approximate surface area is 103 Å². The van der Waals surface area contributed by atoms with Gasteiger partial charge < -0.3 is 15.2 Å². The van der Waals surface area contributed by atoms with Gasteiger partial charge in [-0.05, 0) is 6.07 Å². The highest BCUT2D eigenvalue weighted by Crippen LogP contribution is 2.35. The van der Waals surface area contributed by atoms with Gasteiger partial charge in [0.1, 0.15) is 0 Å². The summed E-state index contributed by atoms with van der Waals surface area (Å²) in [6.45, 7) is 1.45. The van der Waals surface area contributed by atoms with E-state index in [-0.39, 0.29) is 11.6 Å². The highest BCUT2D eigenvalue weighted by atomic mass is 16.6. The second-order valence-corrected chi connectivity index (χ2v) is 3.88. The molecule has 1 aliphatic heterocycles. The van der Waals surface area contributed by atoms with E-state index in [1.165, 1.54) is 6.07 Å². The van der Waals surface area contributed by atoms with Crippen molar-refractivity contribution in [3.8, 4) is 11.8 Å². The van der Waals surface area contributed by atoms with E-state index in [4.69, 9.17) is 10.00 Å². The summed E-state index contributed by atoms with van der Waals surface area (Å²) < 4.78 is 5.24. The van der Waals surface area contributed by atoms with Gasteiger partial charge in [0, 0.05) is 18.2 Å². The fraction of sp³-hybridized carbons (Fsp3) is 0.364. The molecule has 0 aliphatic carbocycles. The van der Waals surface area contributed by atoms with Crippen molar-refractivity contribution in [2.24, 2.45) is 0 Å². The molecule has 7 nitrogen and oxygen atoms in total. The van der Waals surface area contributed by atoms with Crippen molar-refractivity contribution in [1.29, 1.82) is 5.26 Å². The Kier molecular flexibility index (Phi) is 3.41. The second kappa shape index (κ2) is 5.00. The fourth-order valence-corrected chi connectivity index (χ4v) is 1.88. The predicted molar refractivity (Wildman–Crippen MR) is 61.0 cm³/mol. The van der Waals surface area contributed by atoms with Gasteiger partial charge in [0.25, 0.3) is 0 Å². The zero-order valence-electron chi connectivity index (χ0n) is 9.42. The van der Waals surface area contributed by atoms with Gasteiger partial charge in [0.05, 0.1) is 35.8 Å². The zero-order valence-corrected chi connectivity index (χ0v) is 9.42. The van der Waals surface area contributed by atoms with Crippen LogP contribution in [0.1, 0.15) is 17.2 Å². The number of rotatable bonds is 2. The molecule has 0 saturated carbocycles. The van der Waals surface area contributed by atoms with Crippen molar-refractivity contribution < 1.29 is 14.8 Å². The number of aromatic hydroxyl groups is 1. The third-order valence-corrected chi connectivity index (χ3v) is 2.74. The molecule has 0 unspecified atom stereocenters. The van der Waals surface area contributed by atoms with Crippen LogP contribution in [0, 0.1) is 21.4 Å². The standard InChI is InChI=1S/C11H11N3O4/c12-5-7-3-8(9-6-18-2-1-13-9)11(15)10(4-7)14(16)17/h3-4,9,13,15H,1-2,6H2/t9-/m0/s1. The van der Waals surface area contributed by atoms with Gasteiger partial charge >= 0.3 is 5.69 Å². The van der Waals surface area contributed by atoms with Crippen molar-refractivity contribution in [3.05, 3.63) is 33.4 Å². The van der Waals surface area contributed by atoms with Crippen LogP contribution in [-0.4, -0.2) is 29.8 Å². The maximum atomic E-state index is 10.8. The zero-order chi connectivity index (χ0) is 13.1. The Morgan fingerprint density at radius 3 is 2.94 bits per heavy atom. The number of phenolic OH excluding ortho intramolecular Hbond substituents is 1. The molecule has 1 saturated heterocycles. The lowest BCUT2D eigenvalue weighted by atomic mass is 10.0. The van der Waals surface area contributed by atoms with Crippen molar-refractivity contribution in [3.63, 3.8) is 0 Å². The van der Waals surface area contributed by atoms with Crippen LogP contribution >= 0.6 is 0 Å². The Morgan fingerprint density at radius 2 is 2.39 bits per heavy atom. The lowest BCUT2D eigenvalue weighted by molar-refractivity contribution is -0.386. The molecule has 2 N–H and O–H groups in total. The van der Waals surface area contributed by atoms with Crippen molar-refractivity contribution >= 4 is 5.69 Å². The van der Waals surface area contributed by atoms with Crippen molar-refractivity contribution in [2.45, 2.75) is 6.04 Å². The quantitative estimate of drug-likeness (QED) is 0.593. The first-order chi connectivity index (χ1) is 8.63. The summed E-state index contributed by atoms with van der Waals surface area (Å²) >= 11 is 0. The number of benzene rings is 1. The number of hydrogen-bond acceptors (Lipinski definition) is 6. The van der Waals surface area contributed by atoms with Crippen molar-refractivity contribution in [2.75, 3.05) is 19.8 Å². The molecule has 1 fully saturated rings. The largest absolute Gasteiger partial charge is 0.502 e. The van der Waals surface area contributed by atoms with Crippen LogP contribution in [-0.2, 0) is 4.74 Å². The van der Waals surface area contributed by atoms with E-state index in [9.17, 15) is 15.2 Å². The summed E-state index contributed by atoms with van der Waals surface area (Å²) in [6.07, 6.45) is 0. The molecule has 18 heavy (non-hydrogen) atoms. The molecule has 1 aliphatic rings. The minimum Gasteiger partial charge on any atom is -0.502 e. The van der Waals surface area contributed by atoms with E-state index in [1.54, 1.807) is 0 Å².